The number of piperidine rings is 2. The molecule has 0 unspecified atom stereocenters. The minimum atomic E-state index is -0.388. The summed E-state index contributed by atoms with van der Waals surface area (Å²) in [4.78, 5) is 29.6. The van der Waals surface area contributed by atoms with Crippen molar-refractivity contribution in [2.45, 2.75) is 82.0 Å². The van der Waals surface area contributed by atoms with E-state index < -0.39 is 0 Å². The fourth-order valence-electron chi connectivity index (χ4n) is 7.51. The first kappa shape index (κ1) is 33.2. The molecular weight excluding hydrogens is 595 g/mol. The van der Waals surface area contributed by atoms with Gasteiger partial charge in [-0.25, -0.2) is 0 Å². The van der Waals surface area contributed by atoms with E-state index in [4.69, 9.17) is 27.9 Å². The lowest BCUT2D eigenvalue weighted by Gasteiger charge is -2.47. The molecule has 8 heteroatoms. The van der Waals surface area contributed by atoms with E-state index in [2.05, 4.69) is 17.0 Å². The molecule has 2 heterocycles. The molecule has 4 fully saturated rings. The highest BCUT2D eigenvalue weighted by Gasteiger charge is 2.48. The van der Waals surface area contributed by atoms with Gasteiger partial charge in [0.2, 0.25) is 5.91 Å². The second-order valence-electron chi connectivity index (χ2n) is 13.3. The molecular formula is C36H48Cl2N2O4. The van der Waals surface area contributed by atoms with Crippen molar-refractivity contribution < 1.29 is 19.4 Å². The summed E-state index contributed by atoms with van der Waals surface area (Å²) in [5, 5.41) is 10.8. The summed E-state index contributed by atoms with van der Waals surface area (Å²) in [5.74, 6) is 0.542. The number of likely N-dealkylation sites (tertiary alicyclic amines) is 2. The Morgan fingerprint density at radius 1 is 0.818 bits per heavy atom. The standard InChI is InChI=1S/C19H24ClNO3.C17H24ClNO/c1-2-24-17(22)14-8-12-21(13-9-14)18(23)19(10-3-11-19)15-4-6-16(20)7-5-15;18-16-4-2-15(3-5-16)17(8-1-9-17)13-19-10-6-14(12-20)7-11-19/h4-7,14H,2-3,8-13H2,1H3;2-5,14,20H,1,6-13H2. The summed E-state index contributed by atoms with van der Waals surface area (Å²) in [6, 6.07) is 16.1. The van der Waals surface area contributed by atoms with E-state index in [1.165, 1.54) is 31.4 Å². The van der Waals surface area contributed by atoms with E-state index in [9.17, 15) is 14.7 Å². The Morgan fingerprint density at radius 2 is 1.36 bits per heavy atom. The first-order chi connectivity index (χ1) is 21.3. The van der Waals surface area contributed by atoms with Gasteiger partial charge in [0, 0.05) is 41.7 Å². The van der Waals surface area contributed by atoms with E-state index in [-0.39, 0.29) is 23.2 Å². The van der Waals surface area contributed by atoms with Crippen LogP contribution in [0.2, 0.25) is 10.0 Å². The zero-order chi connectivity index (χ0) is 31.2. The zero-order valence-electron chi connectivity index (χ0n) is 26.1. The molecule has 1 amide bonds. The molecule has 0 bridgehead atoms. The molecule has 2 aliphatic heterocycles. The van der Waals surface area contributed by atoms with Gasteiger partial charge < -0.3 is 19.6 Å². The summed E-state index contributed by atoms with van der Waals surface area (Å²) in [5.41, 5.74) is 2.49. The number of amides is 1. The van der Waals surface area contributed by atoms with Crippen molar-refractivity contribution in [3.63, 3.8) is 0 Å². The van der Waals surface area contributed by atoms with Crippen LogP contribution in [-0.2, 0) is 25.2 Å². The number of aliphatic hydroxyl groups excluding tert-OH is 1. The van der Waals surface area contributed by atoms with Crippen molar-refractivity contribution in [1.82, 2.24) is 9.80 Å². The number of hydrogen-bond acceptors (Lipinski definition) is 5. The number of nitrogens with zero attached hydrogens (tertiary/aromatic N) is 2. The molecule has 2 saturated heterocycles. The van der Waals surface area contributed by atoms with Gasteiger partial charge in [-0.1, -0.05) is 60.3 Å². The molecule has 2 saturated carbocycles. The van der Waals surface area contributed by atoms with Gasteiger partial charge in [0.25, 0.3) is 0 Å². The third kappa shape index (κ3) is 7.46. The molecule has 6 rings (SSSR count). The van der Waals surface area contributed by atoms with E-state index in [1.807, 2.05) is 48.2 Å². The van der Waals surface area contributed by atoms with E-state index in [1.54, 1.807) is 0 Å². The third-order valence-electron chi connectivity index (χ3n) is 10.7. The SMILES string of the molecule is CCOC(=O)C1CCN(C(=O)C2(c3ccc(Cl)cc3)CCC2)CC1.OCC1CCN(CC2(c3ccc(Cl)cc3)CCC2)CC1. The Bertz CT molecular complexity index is 1230. The maximum Gasteiger partial charge on any atom is 0.309 e. The Kier molecular flexibility index (Phi) is 11.3. The number of halogens is 2. The molecule has 6 nitrogen and oxygen atoms in total. The van der Waals surface area contributed by atoms with Gasteiger partial charge >= 0.3 is 5.97 Å². The Balaban J connectivity index is 0.000000177. The lowest BCUT2D eigenvalue weighted by atomic mass is 9.63. The summed E-state index contributed by atoms with van der Waals surface area (Å²) < 4.78 is 5.10. The highest BCUT2D eigenvalue weighted by atomic mass is 35.5. The number of carbonyl (C=O) groups excluding carboxylic acids is 2. The number of ether oxygens (including phenoxy) is 1. The van der Waals surface area contributed by atoms with E-state index in [0.717, 1.165) is 55.8 Å². The van der Waals surface area contributed by atoms with Gasteiger partial charge in [-0.05, 0) is 113 Å². The topological polar surface area (TPSA) is 70.1 Å². The Morgan fingerprint density at radius 3 is 1.82 bits per heavy atom. The summed E-state index contributed by atoms with van der Waals surface area (Å²) in [6.45, 7) is 7.32. The second-order valence-corrected chi connectivity index (χ2v) is 14.2. The minimum Gasteiger partial charge on any atom is -0.466 e. The van der Waals surface area contributed by atoms with Crippen molar-refractivity contribution in [2.24, 2.45) is 11.8 Å². The molecule has 2 aromatic rings. The van der Waals surface area contributed by atoms with Gasteiger partial charge in [-0.3, -0.25) is 9.59 Å². The largest absolute Gasteiger partial charge is 0.466 e. The number of aliphatic hydroxyl groups is 1. The number of benzene rings is 2. The predicted octanol–water partition coefficient (Wildman–Crippen LogP) is 7.03. The van der Waals surface area contributed by atoms with Crippen LogP contribution in [0.1, 0.15) is 82.3 Å². The minimum absolute atomic E-state index is 0.0677. The third-order valence-corrected chi connectivity index (χ3v) is 11.2. The average molecular weight is 644 g/mol. The number of esters is 1. The highest BCUT2D eigenvalue weighted by Crippen LogP contribution is 2.46. The molecule has 44 heavy (non-hydrogen) atoms. The van der Waals surface area contributed by atoms with Gasteiger partial charge in [-0.2, -0.15) is 0 Å². The van der Waals surface area contributed by atoms with Gasteiger partial charge in [-0.15, -0.1) is 0 Å². The predicted molar refractivity (Wildman–Crippen MR) is 176 cm³/mol. The van der Waals surface area contributed by atoms with Crippen molar-refractivity contribution in [3.8, 4) is 0 Å². The molecule has 2 aromatic carbocycles. The van der Waals surface area contributed by atoms with Crippen LogP contribution in [0.4, 0.5) is 0 Å². The molecule has 4 aliphatic rings. The average Bonchev–Trinajstić information content (AvgIpc) is 3.01. The van der Waals surface area contributed by atoms with E-state index in [0.29, 0.717) is 55.5 Å². The molecule has 240 valence electrons. The van der Waals surface area contributed by atoms with Crippen LogP contribution in [0.3, 0.4) is 0 Å². The zero-order valence-corrected chi connectivity index (χ0v) is 27.6. The van der Waals surface area contributed by atoms with Crippen LogP contribution in [0.15, 0.2) is 48.5 Å². The van der Waals surface area contributed by atoms with Crippen LogP contribution in [0, 0.1) is 11.8 Å². The molecule has 0 atom stereocenters. The Labute approximate surface area is 273 Å². The van der Waals surface area contributed by atoms with Crippen LogP contribution >= 0.6 is 23.2 Å². The molecule has 1 N–H and O–H groups in total. The fourth-order valence-corrected chi connectivity index (χ4v) is 7.76. The van der Waals surface area contributed by atoms with Crippen LogP contribution in [-0.4, -0.2) is 72.7 Å². The van der Waals surface area contributed by atoms with E-state index >= 15 is 0 Å². The van der Waals surface area contributed by atoms with Gasteiger partial charge in [0.1, 0.15) is 0 Å². The summed E-state index contributed by atoms with van der Waals surface area (Å²) in [7, 11) is 0. The van der Waals surface area contributed by atoms with Crippen LogP contribution in [0.5, 0.6) is 0 Å². The van der Waals surface area contributed by atoms with Crippen molar-refractivity contribution >= 4 is 35.1 Å². The van der Waals surface area contributed by atoms with Crippen LogP contribution in [0.25, 0.3) is 0 Å². The number of hydrogen-bond donors (Lipinski definition) is 1. The molecule has 0 spiro atoms. The summed E-state index contributed by atoms with van der Waals surface area (Å²) >= 11 is 12.0. The molecule has 0 aromatic heterocycles. The maximum absolute atomic E-state index is 13.2. The Hall–Kier alpha value is -2.12. The van der Waals surface area contributed by atoms with Crippen molar-refractivity contribution in [3.05, 3.63) is 69.7 Å². The lowest BCUT2D eigenvalue weighted by Crippen LogP contribution is -2.53. The quantitative estimate of drug-likeness (QED) is 0.313. The van der Waals surface area contributed by atoms with Gasteiger partial charge in [0.15, 0.2) is 0 Å². The first-order valence-electron chi connectivity index (χ1n) is 16.6. The van der Waals surface area contributed by atoms with Crippen LogP contribution < -0.4 is 0 Å². The summed E-state index contributed by atoms with van der Waals surface area (Å²) in [6.07, 6.45) is 10.5. The molecule has 0 radical (unpaired) electrons. The van der Waals surface area contributed by atoms with Crippen molar-refractivity contribution in [2.75, 3.05) is 45.9 Å². The van der Waals surface area contributed by atoms with Crippen molar-refractivity contribution in [1.29, 1.82) is 0 Å². The lowest BCUT2D eigenvalue weighted by molar-refractivity contribution is -0.153. The first-order valence-corrected chi connectivity index (χ1v) is 17.4. The monoisotopic (exact) mass is 642 g/mol. The smallest absolute Gasteiger partial charge is 0.309 e. The molecule has 2 aliphatic carbocycles. The number of carbonyl (C=O) groups is 2. The highest BCUT2D eigenvalue weighted by molar-refractivity contribution is 6.30. The normalized spacial score (nSPS) is 21.8. The fraction of sp³-hybridized carbons (Fsp3) is 0.611. The maximum atomic E-state index is 13.2. The van der Waals surface area contributed by atoms with Gasteiger partial charge in [0.05, 0.1) is 17.9 Å². The second kappa shape index (κ2) is 15.0. The number of rotatable bonds is 8.